The maximum atomic E-state index is 2.59. The quantitative estimate of drug-likeness (QED) is 0.138. The van der Waals surface area contributed by atoms with Gasteiger partial charge in [-0.1, -0.05) is 176 Å². The molecule has 2 aliphatic rings. The van der Waals surface area contributed by atoms with Crippen molar-refractivity contribution in [3.8, 4) is 11.4 Å². The molecular formula is C54H33BN2. The highest BCUT2D eigenvalue weighted by Crippen LogP contribution is 2.39. The second kappa shape index (κ2) is 11.6. The van der Waals surface area contributed by atoms with Crippen molar-refractivity contribution in [3.05, 3.63) is 200 Å². The molecule has 4 heterocycles. The van der Waals surface area contributed by atoms with E-state index in [0.717, 1.165) is 0 Å². The average molecular weight is 721 g/mol. The van der Waals surface area contributed by atoms with Crippen LogP contribution in [0.25, 0.3) is 98.1 Å². The van der Waals surface area contributed by atoms with Gasteiger partial charge in [0.15, 0.2) is 0 Å². The normalized spacial score (nSPS) is 12.5. The summed E-state index contributed by atoms with van der Waals surface area (Å²) in [5, 5.41) is 14.9. The summed E-state index contributed by atoms with van der Waals surface area (Å²) in [5.74, 6) is 0. The number of hydrogen-bond donors (Lipinski definition) is 0. The number of benzene rings is 9. The highest BCUT2D eigenvalue weighted by molar-refractivity contribution is 7.00. The molecule has 0 unspecified atom stereocenters. The topological polar surface area (TPSA) is 9.86 Å². The number of nitrogens with zero attached hydrogens (tertiary/aromatic N) is 2. The Morgan fingerprint density at radius 2 is 0.526 bits per heavy atom. The third kappa shape index (κ3) is 4.10. The first kappa shape index (κ1) is 30.9. The molecule has 0 saturated heterocycles. The van der Waals surface area contributed by atoms with Gasteiger partial charge >= 0.3 is 0 Å². The summed E-state index contributed by atoms with van der Waals surface area (Å²) in [6, 6.07) is 75.0. The van der Waals surface area contributed by atoms with Crippen molar-refractivity contribution in [2.24, 2.45) is 0 Å². The van der Waals surface area contributed by atoms with Gasteiger partial charge in [0.2, 0.25) is 0 Å². The Kier molecular flexibility index (Phi) is 6.28. The lowest BCUT2D eigenvalue weighted by molar-refractivity contribution is 1.13. The fraction of sp³-hybridized carbons (Fsp3) is 0. The lowest BCUT2D eigenvalue weighted by Crippen LogP contribution is -2.59. The number of rotatable bonds is 0. The average Bonchev–Trinajstić information content (AvgIpc) is 3.35. The van der Waals surface area contributed by atoms with Crippen molar-refractivity contribution in [1.82, 2.24) is 9.13 Å². The van der Waals surface area contributed by atoms with E-state index in [9.17, 15) is 0 Å². The predicted molar refractivity (Wildman–Crippen MR) is 245 cm³/mol. The Hall–Kier alpha value is -7.36. The molecule has 0 amide bonds. The summed E-state index contributed by atoms with van der Waals surface area (Å²) in [4.78, 5) is 0. The standard InChI is InChI=1S/C54H33BN2/c1-5-20-38-34(16-1)36-18-3-7-22-40(36)44-26-13-28-46-53(44)56(48-30-11-9-24-42(38)48)50-32-15-33-51-52(50)55(46)47-29-14-27-45-41-23-8-4-19-37(41)35-17-2-6-21-39(35)43-25-10-12-31-49(43)57(51)54(45)47/h1-33H. The first-order valence-electron chi connectivity index (χ1n) is 19.9. The van der Waals surface area contributed by atoms with E-state index in [4.69, 9.17) is 0 Å². The van der Waals surface area contributed by atoms with Crippen molar-refractivity contribution in [2.45, 2.75) is 0 Å². The summed E-state index contributed by atoms with van der Waals surface area (Å²) in [6.07, 6.45) is 0. The van der Waals surface area contributed by atoms with E-state index >= 15 is 0 Å². The van der Waals surface area contributed by atoms with Crippen LogP contribution in [-0.4, -0.2) is 15.8 Å². The van der Waals surface area contributed by atoms with Crippen LogP contribution in [0.5, 0.6) is 0 Å². The summed E-state index contributed by atoms with van der Waals surface area (Å²) >= 11 is 0. The van der Waals surface area contributed by atoms with E-state index in [1.807, 2.05) is 0 Å². The number of fused-ring (bicyclic) bond motifs is 18. The molecule has 9 aromatic carbocycles. The van der Waals surface area contributed by atoms with Crippen LogP contribution in [0.1, 0.15) is 0 Å². The van der Waals surface area contributed by atoms with E-state index in [0.29, 0.717) is 0 Å². The van der Waals surface area contributed by atoms with Crippen LogP contribution in [0.3, 0.4) is 0 Å². The van der Waals surface area contributed by atoms with Crippen LogP contribution in [0.4, 0.5) is 0 Å². The minimum Gasteiger partial charge on any atom is -0.310 e. The van der Waals surface area contributed by atoms with E-state index in [1.54, 1.807) is 0 Å². The lowest BCUT2D eigenvalue weighted by atomic mass is 9.34. The molecular weight excluding hydrogens is 687 g/mol. The van der Waals surface area contributed by atoms with Crippen LogP contribution in [0.2, 0.25) is 0 Å². The molecule has 0 bridgehead atoms. The van der Waals surface area contributed by atoms with E-state index < -0.39 is 0 Å². The van der Waals surface area contributed by atoms with Gasteiger partial charge in [0.25, 0.3) is 6.71 Å². The van der Waals surface area contributed by atoms with E-state index in [2.05, 4.69) is 209 Å². The molecule has 0 spiro atoms. The third-order valence-electron chi connectivity index (χ3n) is 12.8. The molecule has 0 fully saturated rings. The van der Waals surface area contributed by atoms with Gasteiger partial charge in [0, 0.05) is 44.0 Å². The Morgan fingerprint density at radius 3 is 0.912 bits per heavy atom. The van der Waals surface area contributed by atoms with Gasteiger partial charge in [0.1, 0.15) is 0 Å². The monoisotopic (exact) mass is 720 g/mol. The van der Waals surface area contributed by atoms with Crippen molar-refractivity contribution in [3.63, 3.8) is 0 Å². The minimum atomic E-state index is -0.00138. The van der Waals surface area contributed by atoms with E-state index in [-0.39, 0.29) is 6.71 Å². The smallest absolute Gasteiger partial charge is 0.252 e. The molecule has 2 aliphatic heterocycles. The predicted octanol–water partition coefficient (Wildman–Crippen LogP) is 11.9. The Balaban J connectivity index is 1.35. The third-order valence-corrected chi connectivity index (χ3v) is 12.8. The van der Waals surface area contributed by atoms with Crippen LogP contribution in [0.15, 0.2) is 200 Å². The molecule has 0 saturated carbocycles. The molecule has 0 radical (unpaired) electrons. The second-order valence-electron chi connectivity index (χ2n) is 15.5. The van der Waals surface area contributed by atoms with Gasteiger partial charge in [0.05, 0.1) is 11.0 Å². The summed E-state index contributed by atoms with van der Waals surface area (Å²) in [6.45, 7) is -0.00138. The molecule has 2 nitrogen and oxygen atoms in total. The fourth-order valence-corrected chi connectivity index (χ4v) is 10.6. The van der Waals surface area contributed by atoms with E-state index in [1.165, 1.54) is 114 Å². The fourth-order valence-electron chi connectivity index (χ4n) is 10.6. The highest BCUT2D eigenvalue weighted by atomic mass is 15.0. The zero-order chi connectivity index (χ0) is 37.2. The van der Waals surface area contributed by atoms with Crippen molar-refractivity contribution >= 4 is 110 Å². The van der Waals surface area contributed by atoms with Gasteiger partial charge < -0.3 is 9.13 Å². The van der Waals surface area contributed by atoms with Gasteiger partial charge in [-0.3, -0.25) is 0 Å². The zero-order valence-corrected chi connectivity index (χ0v) is 31.0. The molecule has 13 rings (SSSR count). The number of para-hydroxylation sites is 4. The van der Waals surface area contributed by atoms with Crippen LogP contribution >= 0.6 is 0 Å². The molecule has 262 valence electrons. The van der Waals surface area contributed by atoms with Crippen LogP contribution < -0.4 is 16.4 Å². The first-order chi connectivity index (χ1) is 28.3. The zero-order valence-electron chi connectivity index (χ0n) is 31.0. The summed E-state index contributed by atoms with van der Waals surface area (Å²) in [7, 11) is 0. The summed E-state index contributed by atoms with van der Waals surface area (Å²) in [5.41, 5.74) is 11.3. The Bertz CT molecular complexity index is 3480. The summed E-state index contributed by atoms with van der Waals surface area (Å²) < 4.78 is 5.19. The molecule has 11 aromatic rings. The largest absolute Gasteiger partial charge is 0.310 e. The number of aromatic nitrogens is 2. The second-order valence-corrected chi connectivity index (χ2v) is 15.5. The lowest BCUT2D eigenvalue weighted by Gasteiger charge is -2.35. The highest BCUT2D eigenvalue weighted by Gasteiger charge is 2.39. The SMILES string of the molecule is c1cc2c3c(c1)-n1c4ccccc4c4ccccc4c4ccccc4c4cccc(c41)B3c1cccc3c4ccccc4c4ccccc4c4ccccc4n-2c13. The minimum absolute atomic E-state index is 0.00138. The van der Waals surface area contributed by atoms with Crippen molar-refractivity contribution < 1.29 is 0 Å². The maximum Gasteiger partial charge on any atom is 0.252 e. The first-order valence-corrected chi connectivity index (χ1v) is 19.9. The molecule has 57 heavy (non-hydrogen) atoms. The molecule has 2 aromatic heterocycles. The van der Waals surface area contributed by atoms with Crippen LogP contribution in [-0.2, 0) is 0 Å². The Labute approximate surface area is 329 Å². The molecule has 3 heteroatoms. The molecule has 0 aliphatic carbocycles. The molecule has 0 N–H and O–H groups in total. The Morgan fingerprint density at radius 1 is 0.246 bits per heavy atom. The molecule has 0 atom stereocenters. The van der Waals surface area contributed by atoms with Gasteiger partial charge in [-0.15, -0.1) is 0 Å². The van der Waals surface area contributed by atoms with Gasteiger partial charge in [-0.25, -0.2) is 0 Å². The maximum absolute atomic E-state index is 2.59. The van der Waals surface area contributed by atoms with Crippen molar-refractivity contribution in [2.75, 3.05) is 0 Å². The van der Waals surface area contributed by atoms with Gasteiger partial charge in [-0.05, 0) is 83.7 Å². The van der Waals surface area contributed by atoms with Crippen LogP contribution in [0, 0.1) is 0 Å². The van der Waals surface area contributed by atoms with Gasteiger partial charge in [-0.2, -0.15) is 0 Å². The number of hydrogen-bond acceptors (Lipinski definition) is 0. The van der Waals surface area contributed by atoms with Crippen molar-refractivity contribution in [1.29, 1.82) is 0 Å².